The molecular formula is C25H32N4O5. The molecule has 2 aromatic carbocycles. The minimum Gasteiger partial charge on any atom is -0.494 e. The summed E-state index contributed by atoms with van der Waals surface area (Å²) < 4.78 is 5.70. The van der Waals surface area contributed by atoms with Crippen LogP contribution >= 0.6 is 0 Å². The summed E-state index contributed by atoms with van der Waals surface area (Å²) >= 11 is 0. The second-order valence-corrected chi connectivity index (χ2v) is 7.26. The number of nitrogens with zero attached hydrogens (tertiary/aromatic N) is 3. The van der Waals surface area contributed by atoms with Crippen LogP contribution in [0.3, 0.4) is 0 Å². The summed E-state index contributed by atoms with van der Waals surface area (Å²) in [6, 6.07) is 13.0. The molecule has 0 bridgehead atoms. The van der Waals surface area contributed by atoms with E-state index in [2.05, 4.69) is 27.7 Å². The maximum Gasteiger partial charge on any atom is 0.273 e. The van der Waals surface area contributed by atoms with Gasteiger partial charge in [-0.1, -0.05) is 46.7 Å². The first kappa shape index (κ1) is 26.4. The van der Waals surface area contributed by atoms with E-state index in [1.807, 2.05) is 43.3 Å². The average Bonchev–Trinajstić information content (AvgIpc) is 2.85. The quantitative estimate of drug-likeness (QED) is 0.377. The van der Waals surface area contributed by atoms with Crippen molar-refractivity contribution in [3.05, 3.63) is 64.7 Å². The van der Waals surface area contributed by atoms with Gasteiger partial charge in [-0.2, -0.15) is 0 Å². The SMILES string of the molecule is CCCOc1ccc(C(=NOC)C(C)=NOCc2ccccc2C(=NOC)C(=O)NC)c(C)c1. The fraction of sp³-hybridized carbons (Fsp3) is 0.360. The van der Waals surface area contributed by atoms with E-state index >= 15 is 0 Å². The predicted molar refractivity (Wildman–Crippen MR) is 132 cm³/mol. The molecule has 0 fully saturated rings. The third kappa shape index (κ3) is 7.06. The van der Waals surface area contributed by atoms with E-state index in [1.165, 1.54) is 21.3 Å². The molecule has 0 aliphatic heterocycles. The van der Waals surface area contributed by atoms with Crippen LogP contribution in [-0.2, 0) is 25.9 Å². The van der Waals surface area contributed by atoms with Gasteiger partial charge in [-0.3, -0.25) is 4.79 Å². The Labute approximate surface area is 200 Å². The van der Waals surface area contributed by atoms with Crippen molar-refractivity contribution in [1.29, 1.82) is 0 Å². The van der Waals surface area contributed by atoms with E-state index in [9.17, 15) is 4.79 Å². The Hall–Kier alpha value is -3.88. The van der Waals surface area contributed by atoms with Crippen LogP contribution in [0, 0.1) is 6.92 Å². The van der Waals surface area contributed by atoms with Crippen molar-refractivity contribution in [2.45, 2.75) is 33.8 Å². The molecule has 1 amide bonds. The Morgan fingerprint density at radius 1 is 0.971 bits per heavy atom. The Kier molecular flexibility index (Phi) is 10.6. The number of ether oxygens (including phenoxy) is 1. The molecule has 0 heterocycles. The topological polar surface area (TPSA) is 103 Å². The van der Waals surface area contributed by atoms with Gasteiger partial charge >= 0.3 is 0 Å². The van der Waals surface area contributed by atoms with Gasteiger partial charge in [-0.05, 0) is 44.0 Å². The molecule has 0 spiro atoms. The van der Waals surface area contributed by atoms with Crippen LogP contribution in [0.4, 0.5) is 0 Å². The van der Waals surface area contributed by atoms with Crippen LogP contribution in [0.2, 0.25) is 0 Å². The molecule has 34 heavy (non-hydrogen) atoms. The van der Waals surface area contributed by atoms with Gasteiger partial charge < -0.3 is 24.6 Å². The normalized spacial score (nSPS) is 12.2. The summed E-state index contributed by atoms with van der Waals surface area (Å²) in [6.45, 7) is 6.58. The highest BCUT2D eigenvalue weighted by Crippen LogP contribution is 2.19. The van der Waals surface area contributed by atoms with Crippen LogP contribution in [0.5, 0.6) is 5.75 Å². The first-order valence-electron chi connectivity index (χ1n) is 10.9. The maximum absolute atomic E-state index is 12.2. The molecule has 0 unspecified atom stereocenters. The zero-order chi connectivity index (χ0) is 24.9. The van der Waals surface area contributed by atoms with E-state index in [0.717, 1.165) is 28.9 Å². The fourth-order valence-corrected chi connectivity index (χ4v) is 3.15. The number of rotatable bonds is 12. The zero-order valence-corrected chi connectivity index (χ0v) is 20.5. The predicted octanol–water partition coefficient (Wildman–Crippen LogP) is 3.82. The zero-order valence-electron chi connectivity index (χ0n) is 20.5. The number of likely N-dealkylation sites (N-methyl/N-ethyl adjacent to an activating group) is 1. The van der Waals surface area contributed by atoms with Crippen molar-refractivity contribution in [3.8, 4) is 5.75 Å². The summed E-state index contributed by atoms with van der Waals surface area (Å²) in [5.41, 5.74) is 4.34. The number of carbonyl (C=O) groups is 1. The van der Waals surface area contributed by atoms with E-state index in [4.69, 9.17) is 19.2 Å². The van der Waals surface area contributed by atoms with Crippen LogP contribution in [0.15, 0.2) is 57.9 Å². The van der Waals surface area contributed by atoms with Crippen LogP contribution in [0.1, 0.15) is 42.5 Å². The lowest BCUT2D eigenvalue weighted by Gasteiger charge is -2.12. The number of hydrogen-bond acceptors (Lipinski definition) is 8. The number of hydrogen-bond donors (Lipinski definition) is 1. The first-order valence-corrected chi connectivity index (χ1v) is 10.9. The summed E-state index contributed by atoms with van der Waals surface area (Å²) in [5, 5.41) is 14.8. The first-order chi connectivity index (χ1) is 16.5. The molecule has 9 nitrogen and oxygen atoms in total. The molecule has 1 N–H and O–H groups in total. The fourth-order valence-electron chi connectivity index (χ4n) is 3.15. The van der Waals surface area contributed by atoms with E-state index in [1.54, 1.807) is 13.0 Å². The van der Waals surface area contributed by atoms with Gasteiger partial charge in [0.15, 0.2) is 5.71 Å². The molecule has 0 saturated heterocycles. The minimum atomic E-state index is -0.370. The molecule has 2 rings (SSSR count). The van der Waals surface area contributed by atoms with Gasteiger partial charge in [0.1, 0.15) is 38.0 Å². The lowest BCUT2D eigenvalue weighted by Crippen LogP contribution is -2.29. The number of oxime groups is 3. The number of amides is 1. The summed E-state index contributed by atoms with van der Waals surface area (Å²) in [4.78, 5) is 27.8. The molecule has 0 aliphatic carbocycles. The number of carbonyl (C=O) groups excluding carboxylic acids is 1. The van der Waals surface area contributed by atoms with Gasteiger partial charge in [0.2, 0.25) is 0 Å². The number of benzene rings is 2. The average molecular weight is 469 g/mol. The van der Waals surface area contributed by atoms with Crippen LogP contribution < -0.4 is 10.1 Å². The van der Waals surface area contributed by atoms with Crippen molar-refractivity contribution in [1.82, 2.24) is 5.32 Å². The number of nitrogens with one attached hydrogen (secondary N) is 1. The highest BCUT2D eigenvalue weighted by atomic mass is 16.6. The molecule has 182 valence electrons. The Morgan fingerprint density at radius 3 is 2.32 bits per heavy atom. The maximum atomic E-state index is 12.2. The molecule has 0 aromatic heterocycles. The summed E-state index contributed by atoms with van der Waals surface area (Å²) in [5.74, 6) is 0.428. The standard InChI is InChI=1S/C25H32N4O5/c1-7-14-33-20-12-13-21(17(2)15-20)23(28-31-5)18(3)27-34-16-19-10-8-9-11-22(19)24(29-32-6)25(30)26-4/h8-13,15H,7,14,16H2,1-6H3,(H,26,30). The molecule has 9 heteroatoms. The molecule has 2 aromatic rings. The Balaban J connectivity index is 2.25. The second kappa shape index (κ2) is 13.6. The molecule has 0 aliphatic rings. The smallest absolute Gasteiger partial charge is 0.273 e. The van der Waals surface area contributed by atoms with Gasteiger partial charge in [-0.25, -0.2) is 0 Å². The third-order valence-corrected chi connectivity index (χ3v) is 4.77. The van der Waals surface area contributed by atoms with Gasteiger partial charge in [0.05, 0.1) is 6.61 Å². The van der Waals surface area contributed by atoms with Crippen molar-refractivity contribution in [2.24, 2.45) is 15.5 Å². The van der Waals surface area contributed by atoms with Crippen LogP contribution in [-0.4, -0.2) is 50.9 Å². The van der Waals surface area contributed by atoms with E-state index in [-0.39, 0.29) is 18.2 Å². The van der Waals surface area contributed by atoms with Crippen molar-refractivity contribution >= 4 is 23.0 Å². The Morgan fingerprint density at radius 2 is 1.68 bits per heavy atom. The third-order valence-electron chi connectivity index (χ3n) is 4.77. The lowest BCUT2D eigenvalue weighted by atomic mass is 10.0. The van der Waals surface area contributed by atoms with Crippen LogP contribution in [0.25, 0.3) is 0 Å². The van der Waals surface area contributed by atoms with Gasteiger partial charge in [0.25, 0.3) is 5.91 Å². The summed E-state index contributed by atoms with van der Waals surface area (Å²) in [7, 11) is 4.39. The van der Waals surface area contributed by atoms with Crippen molar-refractivity contribution in [2.75, 3.05) is 27.9 Å². The highest BCUT2D eigenvalue weighted by molar-refractivity contribution is 6.47. The van der Waals surface area contributed by atoms with E-state index < -0.39 is 0 Å². The number of aryl methyl sites for hydroxylation is 1. The second-order valence-electron chi connectivity index (χ2n) is 7.26. The monoisotopic (exact) mass is 468 g/mol. The summed E-state index contributed by atoms with van der Waals surface area (Å²) in [6.07, 6.45) is 0.936. The van der Waals surface area contributed by atoms with Crippen molar-refractivity contribution < 1.29 is 24.0 Å². The molecule has 0 atom stereocenters. The molecular weight excluding hydrogens is 436 g/mol. The van der Waals surface area contributed by atoms with Gasteiger partial charge in [-0.15, -0.1) is 0 Å². The van der Waals surface area contributed by atoms with E-state index in [0.29, 0.717) is 23.6 Å². The van der Waals surface area contributed by atoms with Gasteiger partial charge in [0, 0.05) is 23.7 Å². The largest absolute Gasteiger partial charge is 0.494 e. The minimum absolute atomic E-state index is 0.107. The Bertz CT molecular complexity index is 1060. The highest BCUT2D eigenvalue weighted by Gasteiger charge is 2.18. The lowest BCUT2D eigenvalue weighted by molar-refractivity contribution is -0.114. The molecule has 0 radical (unpaired) electrons. The molecule has 0 saturated carbocycles. The van der Waals surface area contributed by atoms with Crippen molar-refractivity contribution in [3.63, 3.8) is 0 Å².